The molecule has 0 aliphatic heterocycles. The lowest BCUT2D eigenvalue weighted by molar-refractivity contribution is 0.441. The molecule has 2 N–H and O–H groups in total. The van der Waals surface area contributed by atoms with Gasteiger partial charge in [0.1, 0.15) is 0 Å². The van der Waals surface area contributed by atoms with E-state index in [0.29, 0.717) is 17.3 Å². The van der Waals surface area contributed by atoms with Crippen LogP contribution >= 0.6 is 0 Å². The zero-order valence-corrected chi connectivity index (χ0v) is 9.02. The molecule has 0 fully saturated rings. The molecule has 0 aliphatic rings. The number of rotatable bonds is 3. The maximum Gasteiger partial charge on any atom is 0.248 e. The van der Waals surface area contributed by atoms with E-state index in [1.165, 1.54) is 6.07 Å². The van der Waals surface area contributed by atoms with Crippen LogP contribution in [0.15, 0.2) is 27.5 Å². The largest absolute Gasteiger partial charge is 0.419 e. The minimum Gasteiger partial charge on any atom is -0.419 e. The van der Waals surface area contributed by atoms with Crippen LogP contribution in [0, 0.1) is 0 Å². The van der Waals surface area contributed by atoms with Gasteiger partial charge in [-0.15, -0.1) is 10.2 Å². The Morgan fingerprint density at radius 2 is 2.31 bits per heavy atom. The molecule has 84 valence electrons. The highest BCUT2D eigenvalue weighted by atomic mass is 16.4. The smallest absolute Gasteiger partial charge is 0.248 e. The summed E-state index contributed by atoms with van der Waals surface area (Å²) >= 11 is 0. The molecule has 6 heteroatoms. The summed E-state index contributed by atoms with van der Waals surface area (Å²) in [6.07, 6.45) is 1.54. The zero-order chi connectivity index (χ0) is 11.5. The van der Waals surface area contributed by atoms with Crippen LogP contribution in [0.2, 0.25) is 0 Å². The second-order valence-corrected chi connectivity index (χ2v) is 3.40. The van der Waals surface area contributed by atoms with Gasteiger partial charge in [0, 0.05) is 17.8 Å². The van der Waals surface area contributed by atoms with E-state index >= 15 is 0 Å². The molecule has 6 nitrogen and oxygen atoms in total. The Morgan fingerprint density at radius 3 is 3.00 bits per heavy atom. The molecule has 1 atom stereocenters. The van der Waals surface area contributed by atoms with Crippen molar-refractivity contribution in [3.63, 3.8) is 0 Å². The van der Waals surface area contributed by atoms with Gasteiger partial charge in [0.15, 0.2) is 0 Å². The summed E-state index contributed by atoms with van der Waals surface area (Å²) in [6, 6.07) is 3.12. The minimum atomic E-state index is -0.195. The van der Waals surface area contributed by atoms with Crippen LogP contribution in [-0.4, -0.2) is 22.2 Å². The summed E-state index contributed by atoms with van der Waals surface area (Å²) < 4.78 is 5.44. The predicted octanol–water partition coefficient (Wildman–Crippen LogP) is 0.705. The van der Waals surface area contributed by atoms with Crippen molar-refractivity contribution < 1.29 is 4.42 Å². The molecule has 0 aromatic carbocycles. The van der Waals surface area contributed by atoms with Gasteiger partial charge in [0.05, 0.1) is 6.04 Å². The SMILES string of the molecule is CNC(C)c1nnc(-c2cc[nH]c(=O)c2)o1. The minimum absolute atomic E-state index is 0.0109. The molecule has 0 aliphatic carbocycles. The molecule has 0 saturated carbocycles. The average molecular weight is 220 g/mol. The number of hydrogen-bond acceptors (Lipinski definition) is 5. The highest BCUT2D eigenvalue weighted by Crippen LogP contribution is 2.18. The van der Waals surface area contributed by atoms with Crippen LogP contribution in [-0.2, 0) is 0 Å². The van der Waals surface area contributed by atoms with Gasteiger partial charge in [0.2, 0.25) is 17.3 Å². The summed E-state index contributed by atoms with van der Waals surface area (Å²) in [5.41, 5.74) is 0.421. The third-order valence-corrected chi connectivity index (χ3v) is 2.27. The number of nitrogens with zero attached hydrogens (tertiary/aromatic N) is 2. The first-order valence-electron chi connectivity index (χ1n) is 4.90. The third kappa shape index (κ3) is 2.01. The van der Waals surface area contributed by atoms with Crippen molar-refractivity contribution in [2.75, 3.05) is 7.05 Å². The Balaban J connectivity index is 2.35. The van der Waals surface area contributed by atoms with Gasteiger partial charge in [-0.25, -0.2) is 0 Å². The fourth-order valence-electron chi connectivity index (χ4n) is 1.23. The van der Waals surface area contributed by atoms with Crippen LogP contribution in [0.4, 0.5) is 0 Å². The number of H-pyrrole nitrogens is 1. The van der Waals surface area contributed by atoms with E-state index in [2.05, 4.69) is 20.5 Å². The average Bonchev–Trinajstić information content (AvgIpc) is 2.77. The van der Waals surface area contributed by atoms with Gasteiger partial charge in [-0.1, -0.05) is 0 Å². The zero-order valence-electron chi connectivity index (χ0n) is 9.02. The molecule has 0 radical (unpaired) electrons. The Kier molecular flexibility index (Phi) is 2.82. The number of aromatic amines is 1. The molecule has 2 rings (SSSR count). The number of hydrogen-bond donors (Lipinski definition) is 2. The van der Waals surface area contributed by atoms with Gasteiger partial charge in [0.25, 0.3) is 0 Å². The topological polar surface area (TPSA) is 83.8 Å². The molecule has 0 spiro atoms. The predicted molar refractivity (Wildman–Crippen MR) is 57.8 cm³/mol. The lowest BCUT2D eigenvalue weighted by atomic mass is 10.3. The summed E-state index contributed by atoms with van der Waals surface area (Å²) in [6.45, 7) is 1.91. The molecule has 0 saturated heterocycles. The van der Waals surface area contributed by atoms with E-state index in [1.807, 2.05) is 14.0 Å². The van der Waals surface area contributed by atoms with E-state index in [1.54, 1.807) is 12.3 Å². The quantitative estimate of drug-likeness (QED) is 0.795. The second kappa shape index (κ2) is 4.28. The molecule has 0 bridgehead atoms. The first kappa shape index (κ1) is 10.6. The molecule has 0 amide bonds. The van der Waals surface area contributed by atoms with E-state index in [4.69, 9.17) is 4.42 Å². The van der Waals surface area contributed by atoms with Crippen LogP contribution in [0.5, 0.6) is 0 Å². The monoisotopic (exact) mass is 220 g/mol. The molecular weight excluding hydrogens is 208 g/mol. The van der Waals surface area contributed by atoms with Crippen LogP contribution < -0.4 is 10.9 Å². The summed E-state index contributed by atoms with van der Waals surface area (Å²) in [7, 11) is 1.81. The number of aromatic nitrogens is 3. The molecule has 2 aromatic rings. The maximum atomic E-state index is 11.1. The first-order chi connectivity index (χ1) is 7.70. The molecule has 16 heavy (non-hydrogen) atoms. The number of nitrogens with one attached hydrogen (secondary N) is 2. The lowest BCUT2D eigenvalue weighted by Crippen LogP contribution is -2.12. The Morgan fingerprint density at radius 1 is 1.50 bits per heavy atom. The fraction of sp³-hybridized carbons (Fsp3) is 0.300. The lowest BCUT2D eigenvalue weighted by Gasteiger charge is -2.02. The summed E-state index contributed by atoms with van der Waals surface area (Å²) in [5, 5.41) is 10.8. The van der Waals surface area contributed by atoms with Crippen molar-refractivity contribution in [2.24, 2.45) is 0 Å². The molecule has 1 unspecified atom stereocenters. The first-order valence-corrected chi connectivity index (χ1v) is 4.90. The Bertz CT molecular complexity index is 531. The fourth-order valence-corrected chi connectivity index (χ4v) is 1.23. The Labute approximate surface area is 91.7 Å². The van der Waals surface area contributed by atoms with Gasteiger partial charge in [-0.2, -0.15) is 0 Å². The van der Waals surface area contributed by atoms with Gasteiger partial charge < -0.3 is 14.7 Å². The van der Waals surface area contributed by atoms with E-state index in [9.17, 15) is 4.79 Å². The van der Waals surface area contributed by atoms with Crippen molar-refractivity contribution in [1.82, 2.24) is 20.5 Å². The summed E-state index contributed by atoms with van der Waals surface area (Å²) in [4.78, 5) is 13.6. The Hall–Kier alpha value is -1.95. The standard InChI is InChI=1S/C10H12N4O2/c1-6(11-2)9-13-14-10(16-9)7-3-4-12-8(15)5-7/h3-6,11H,1-2H3,(H,12,15). The summed E-state index contributed by atoms with van der Waals surface area (Å²) in [5.74, 6) is 0.848. The van der Waals surface area contributed by atoms with E-state index < -0.39 is 0 Å². The molecule has 2 aromatic heterocycles. The second-order valence-electron chi connectivity index (χ2n) is 3.40. The van der Waals surface area contributed by atoms with Gasteiger partial charge >= 0.3 is 0 Å². The van der Waals surface area contributed by atoms with E-state index in [0.717, 1.165) is 0 Å². The van der Waals surface area contributed by atoms with E-state index in [-0.39, 0.29) is 11.6 Å². The maximum absolute atomic E-state index is 11.1. The van der Waals surface area contributed by atoms with Crippen molar-refractivity contribution in [3.05, 3.63) is 34.6 Å². The van der Waals surface area contributed by atoms with Gasteiger partial charge in [-0.3, -0.25) is 4.79 Å². The third-order valence-electron chi connectivity index (χ3n) is 2.27. The van der Waals surface area contributed by atoms with Crippen molar-refractivity contribution >= 4 is 0 Å². The van der Waals surface area contributed by atoms with Crippen molar-refractivity contribution in [2.45, 2.75) is 13.0 Å². The molecular formula is C10H12N4O2. The highest BCUT2D eigenvalue weighted by molar-refractivity contribution is 5.50. The van der Waals surface area contributed by atoms with Crippen molar-refractivity contribution in [1.29, 1.82) is 0 Å². The van der Waals surface area contributed by atoms with Crippen LogP contribution in [0.1, 0.15) is 18.9 Å². The van der Waals surface area contributed by atoms with Gasteiger partial charge in [-0.05, 0) is 20.0 Å². The van der Waals surface area contributed by atoms with Crippen LogP contribution in [0.25, 0.3) is 11.5 Å². The van der Waals surface area contributed by atoms with Crippen molar-refractivity contribution in [3.8, 4) is 11.5 Å². The number of pyridine rings is 1. The van der Waals surface area contributed by atoms with Crippen LogP contribution in [0.3, 0.4) is 0 Å². The highest BCUT2D eigenvalue weighted by Gasteiger charge is 2.13. The molecule has 2 heterocycles. The normalized spacial score (nSPS) is 12.6.